The van der Waals surface area contributed by atoms with Gasteiger partial charge in [-0.2, -0.15) is 23.7 Å². The molecule has 0 bridgehead atoms. The smallest absolute Gasteiger partial charge is 0.425 e. The van der Waals surface area contributed by atoms with E-state index in [9.17, 15) is 18.0 Å². The van der Waals surface area contributed by atoms with Gasteiger partial charge in [0, 0.05) is 0 Å². The lowest BCUT2D eigenvalue weighted by Gasteiger charge is -2.08. The van der Waals surface area contributed by atoms with Crippen molar-refractivity contribution < 1.29 is 22.7 Å². The van der Waals surface area contributed by atoms with E-state index in [0.717, 1.165) is 19.2 Å². The molecule has 0 saturated heterocycles. The molecule has 0 unspecified atom stereocenters. The van der Waals surface area contributed by atoms with Gasteiger partial charge in [-0.05, 0) is 0 Å². The SMILES string of the molecule is COC(=O)C(=C(C#N)C#N)C(F)(F)F. The summed E-state index contributed by atoms with van der Waals surface area (Å²) in [5, 5.41) is 16.3. The second kappa shape index (κ2) is 4.28. The Hall–Kier alpha value is -2.02. The molecule has 14 heavy (non-hydrogen) atoms. The third kappa shape index (κ3) is 2.49. The van der Waals surface area contributed by atoms with E-state index >= 15 is 0 Å². The molecule has 0 spiro atoms. The van der Waals surface area contributed by atoms with Crippen LogP contribution in [0, 0.1) is 22.7 Å². The first-order valence-electron chi connectivity index (χ1n) is 3.08. The van der Waals surface area contributed by atoms with Crippen molar-refractivity contribution in [3.05, 3.63) is 11.1 Å². The topological polar surface area (TPSA) is 73.9 Å². The summed E-state index contributed by atoms with van der Waals surface area (Å²) in [6.07, 6.45) is -5.08. The average Bonchev–Trinajstić information content (AvgIpc) is 2.10. The van der Waals surface area contributed by atoms with Crippen molar-refractivity contribution in [1.29, 1.82) is 10.5 Å². The first-order chi connectivity index (χ1) is 6.38. The fraction of sp³-hybridized carbons (Fsp3) is 0.286. The number of allylic oxidation sites excluding steroid dienone is 1. The number of rotatable bonds is 1. The number of alkyl halides is 3. The van der Waals surface area contributed by atoms with Gasteiger partial charge in [0.15, 0.2) is 5.57 Å². The summed E-state index contributed by atoms with van der Waals surface area (Å²) in [6.45, 7) is 0. The number of nitrogens with zero attached hydrogens (tertiary/aromatic N) is 2. The molecule has 0 rings (SSSR count). The fourth-order valence-electron chi connectivity index (χ4n) is 0.598. The van der Waals surface area contributed by atoms with Gasteiger partial charge < -0.3 is 4.74 Å². The summed E-state index contributed by atoms with van der Waals surface area (Å²) in [4.78, 5) is 10.6. The number of hydrogen-bond acceptors (Lipinski definition) is 4. The van der Waals surface area contributed by atoms with E-state index in [0.29, 0.717) is 0 Å². The zero-order valence-corrected chi connectivity index (χ0v) is 6.84. The molecule has 0 aliphatic carbocycles. The molecule has 0 aliphatic rings. The lowest BCUT2D eigenvalue weighted by molar-refractivity contribution is -0.148. The van der Waals surface area contributed by atoms with Crippen LogP contribution in [0.25, 0.3) is 0 Å². The Morgan fingerprint density at radius 3 is 1.93 bits per heavy atom. The molecule has 0 aromatic carbocycles. The Morgan fingerprint density at radius 2 is 1.71 bits per heavy atom. The molecule has 0 aromatic heterocycles. The van der Waals surface area contributed by atoms with E-state index in [1.807, 2.05) is 0 Å². The average molecular weight is 204 g/mol. The van der Waals surface area contributed by atoms with Crippen LogP contribution in [-0.4, -0.2) is 19.3 Å². The number of esters is 1. The Kier molecular flexibility index (Phi) is 3.66. The second-order valence-electron chi connectivity index (χ2n) is 1.96. The first-order valence-corrected chi connectivity index (χ1v) is 3.08. The molecule has 0 aromatic rings. The summed E-state index contributed by atoms with van der Waals surface area (Å²) in [5.74, 6) is -1.75. The third-order valence-electron chi connectivity index (χ3n) is 1.15. The lowest BCUT2D eigenvalue weighted by Crippen LogP contribution is -2.23. The molecule has 74 valence electrons. The highest BCUT2D eigenvalue weighted by Crippen LogP contribution is 2.28. The van der Waals surface area contributed by atoms with Crippen LogP contribution in [0.15, 0.2) is 11.1 Å². The van der Waals surface area contributed by atoms with Crippen molar-refractivity contribution in [2.45, 2.75) is 6.18 Å². The van der Waals surface area contributed by atoms with Crippen LogP contribution >= 0.6 is 0 Å². The molecule has 0 saturated carbocycles. The van der Waals surface area contributed by atoms with Crippen molar-refractivity contribution >= 4 is 5.97 Å². The van der Waals surface area contributed by atoms with E-state index in [4.69, 9.17) is 10.5 Å². The van der Waals surface area contributed by atoms with E-state index < -0.39 is 23.3 Å². The van der Waals surface area contributed by atoms with E-state index in [1.165, 1.54) is 0 Å². The molecule has 0 heterocycles. The Balaban J connectivity index is 5.59. The summed E-state index contributed by atoms with van der Waals surface area (Å²) in [6, 6.07) is 1.94. The van der Waals surface area contributed by atoms with E-state index in [1.54, 1.807) is 0 Å². The van der Waals surface area contributed by atoms with Crippen LogP contribution in [0.4, 0.5) is 13.2 Å². The van der Waals surface area contributed by atoms with Crippen molar-refractivity contribution in [3.8, 4) is 12.1 Å². The maximum atomic E-state index is 12.1. The maximum Gasteiger partial charge on any atom is 0.425 e. The molecule has 0 fully saturated rings. The van der Waals surface area contributed by atoms with Gasteiger partial charge in [-0.15, -0.1) is 0 Å². The number of ether oxygens (including phenoxy) is 1. The highest BCUT2D eigenvalue weighted by Gasteiger charge is 2.42. The molecular formula is C7H3F3N2O2. The quantitative estimate of drug-likeness (QED) is 0.363. The maximum absolute atomic E-state index is 12.1. The number of hydrogen-bond donors (Lipinski definition) is 0. The fourth-order valence-corrected chi connectivity index (χ4v) is 0.598. The summed E-state index contributed by atoms with van der Waals surface area (Å²) >= 11 is 0. The number of nitriles is 2. The predicted molar refractivity (Wildman–Crippen MR) is 36.3 cm³/mol. The van der Waals surface area contributed by atoms with E-state index in [2.05, 4.69) is 4.74 Å². The third-order valence-corrected chi connectivity index (χ3v) is 1.15. The Morgan fingerprint density at radius 1 is 1.29 bits per heavy atom. The van der Waals surface area contributed by atoms with Crippen LogP contribution in [0.3, 0.4) is 0 Å². The second-order valence-corrected chi connectivity index (χ2v) is 1.96. The van der Waals surface area contributed by atoms with Crippen molar-refractivity contribution in [2.75, 3.05) is 7.11 Å². The van der Waals surface area contributed by atoms with Crippen LogP contribution in [0.5, 0.6) is 0 Å². The van der Waals surface area contributed by atoms with Crippen LogP contribution < -0.4 is 0 Å². The minimum atomic E-state index is -5.08. The first kappa shape index (κ1) is 12.0. The minimum Gasteiger partial charge on any atom is -0.465 e. The van der Waals surface area contributed by atoms with Crippen LogP contribution in [0.2, 0.25) is 0 Å². The van der Waals surface area contributed by atoms with Gasteiger partial charge >= 0.3 is 12.1 Å². The summed E-state index contributed by atoms with van der Waals surface area (Å²) in [5.41, 5.74) is -3.20. The van der Waals surface area contributed by atoms with E-state index in [-0.39, 0.29) is 0 Å². The molecule has 4 nitrogen and oxygen atoms in total. The van der Waals surface area contributed by atoms with Gasteiger partial charge in [-0.3, -0.25) is 0 Å². The molecule has 0 aliphatic heterocycles. The zero-order chi connectivity index (χ0) is 11.4. The number of halogens is 3. The largest absolute Gasteiger partial charge is 0.465 e. The number of methoxy groups -OCH3 is 1. The zero-order valence-electron chi connectivity index (χ0n) is 6.84. The van der Waals surface area contributed by atoms with Gasteiger partial charge in [-0.1, -0.05) is 0 Å². The van der Waals surface area contributed by atoms with Crippen LogP contribution in [0.1, 0.15) is 0 Å². The standard InChI is InChI=1S/C7H3F3N2O2/c1-14-6(13)5(7(8,9)10)4(2-11)3-12/h1H3. The molecule has 0 amide bonds. The minimum absolute atomic E-state index is 0.723. The highest BCUT2D eigenvalue weighted by atomic mass is 19.4. The number of carbonyl (C=O) groups excluding carboxylic acids is 1. The normalized spacial score (nSPS) is 9.57. The van der Waals surface area contributed by atoms with Gasteiger partial charge in [0.2, 0.25) is 0 Å². The monoisotopic (exact) mass is 204 g/mol. The van der Waals surface area contributed by atoms with Crippen molar-refractivity contribution in [2.24, 2.45) is 0 Å². The van der Waals surface area contributed by atoms with Crippen LogP contribution in [-0.2, 0) is 9.53 Å². The van der Waals surface area contributed by atoms with Gasteiger partial charge in [0.1, 0.15) is 17.7 Å². The Labute approximate surface area is 76.8 Å². The Bertz CT molecular complexity index is 341. The highest BCUT2D eigenvalue weighted by molar-refractivity contribution is 5.92. The molecular weight excluding hydrogens is 201 g/mol. The molecule has 0 radical (unpaired) electrons. The summed E-state index contributed by atoms with van der Waals surface area (Å²) in [7, 11) is 0.723. The molecule has 0 N–H and O–H groups in total. The lowest BCUT2D eigenvalue weighted by atomic mass is 10.1. The van der Waals surface area contributed by atoms with Crippen molar-refractivity contribution in [1.82, 2.24) is 0 Å². The summed E-state index contributed by atoms with van der Waals surface area (Å²) < 4.78 is 40.2. The number of carbonyl (C=O) groups is 1. The van der Waals surface area contributed by atoms with Crippen molar-refractivity contribution in [3.63, 3.8) is 0 Å². The van der Waals surface area contributed by atoms with Gasteiger partial charge in [0.05, 0.1) is 7.11 Å². The molecule has 0 atom stereocenters. The van der Waals surface area contributed by atoms with Gasteiger partial charge in [0.25, 0.3) is 0 Å². The van der Waals surface area contributed by atoms with Gasteiger partial charge in [-0.25, -0.2) is 4.79 Å². The molecule has 7 heteroatoms. The predicted octanol–water partition coefficient (Wildman–Crippen LogP) is 1.07.